The zero-order valence-electron chi connectivity index (χ0n) is 13.2. The van der Waals surface area contributed by atoms with Crippen molar-refractivity contribution in [1.82, 2.24) is 10.3 Å². The van der Waals surface area contributed by atoms with Crippen molar-refractivity contribution in [2.75, 3.05) is 12.3 Å². The number of rotatable bonds is 9. The third-order valence-corrected chi connectivity index (χ3v) is 6.02. The fourth-order valence-electron chi connectivity index (χ4n) is 1.80. The van der Waals surface area contributed by atoms with Gasteiger partial charge < -0.3 is 5.32 Å². The van der Waals surface area contributed by atoms with Crippen molar-refractivity contribution in [3.63, 3.8) is 0 Å². The van der Waals surface area contributed by atoms with Gasteiger partial charge in [-0.3, -0.25) is 9.59 Å². The average Bonchev–Trinajstić information content (AvgIpc) is 3.16. The third kappa shape index (κ3) is 6.45. The van der Waals surface area contributed by atoms with Gasteiger partial charge in [0.05, 0.1) is 22.7 Å². The van der Waals surface area contributed by atoms with E-state index in [1.165, 1.54) is 34.4 Å². The van der Waals surface area contributed by atoms with Crippen LogP contribution >= 0.6 is 34.4 Å². The molecule has 0 aliphatic carbocycles. The average molecular weight is 369 g/mol. The van der Waals surface area contributed by atoms with Crippen molar-refractivity contribution in [2.24, 2.45) is 5.92 Å². The molecule has 4 nitrogen and oxygen atoms in total. The highest BCUT2D eigenvalue weighted by Crippen LogP contribution is 2.24. The Kier molecular flexibility index (Phi) is 7.26. The van der Waals surface area contributed by atoms with Gasteiger partial charge in [0.1, 0.15) is 0 Å². The van der Waals surface area contributed by atoms with Crippen LogP contribution in [0.5, 0.6) is 0 Å². The molecule has 1 N–H and O–H groups in total. The van der Waals surface area contributed by atoms with E-state index in [1.54, 1.807) is 0 Å². The molecule has 0 aliphatic heterocycles. The summed E-state index contributed by atoms with van der Waals surface area (Å²) in [6, 6.07) is 3.71. The second-order valence-corrected chi connectivity index (χ2v) is 8.53. The summed E-state index contributed by atoms with van der Waals surface area (Å²) in [5.41, 5.74) is 0.767. The number of aromatic nitrogens is 1. The molecule has 0 atom stereocenters. The van der Waals surface area contributed by atoms with Crippen molar-refractivity contribution >= 4 is 46.1 Å². The number of carbonyl (C=O) groups excluding carboxylic acids is 2. The maximum atomic E-state index is 11.9. The number of hydrogen-bond donors (Lipinski definition) is 1. The monoisotopic (exact) mass is 368 g/mol. The summed E-state index contributed by atoms with van der Waals surface area (Å²) in [6.07, 6.45) is 1.28. The number of Topliss-reactive ketones (excluding diaryl/α,β-unsaturated/α-hetero) is 1. The van der Waals surface area contributed by atoms with Crippen LogP contribution in [-0.4, -0.2) is 29.0 Å². The fraction of sp³-hybridized carbons (Fsp3) is 0.438. The molecule has 23 heavy (non-hydrogen) atoms. The number of thiophene rings is 1. The largest absolute Gasteiger partial charge is 0.356 e. The second kappa shape index (κ2) is 9.20. The van der Waals surface area contributed by atoms with Crippen LogP contribution < -0.4 is 5.32 Å². The summed E-state index contributed by atoms with van der Waals surface area (Å²) in [6.45, 7) is 4.97. The number of ketones is 1. The van der Waals surface area contributed by atoms with Gasteiger partial charge in [-0.1, -0.05) is 31.7 Å². The highest BCUT2D eigenvalue weighted by Gasteiger charge is 2.11. The van der Waals surface area contributed by atoms with Crippen LogP contribution in [0.1, 0.15) is 35.6 Å². The van der Waals surface area contributed by atoms with Crippen LogP contribution in [0.2, 0.25) is 0 Å². The molecule has 2 heterocycles. The highest BCUT2D eigenvalue weighted by atomic mass is 32.2. The smallest absolute Gasteiger partial charge is 0.226 e. The molecule has 124 valence electrons. The van der Waals surface area contributed by atoms with Gasteiger partial charge in [-0.25, -0.2) is 4.98 Å². The number of hydrogen-bond acceptors (Lipinski definition) is 6. The quantitative estimate of drug-likeness (QED) is 0.539. The standard InChI is InChI=1S/C16H20N2O2S3/c1-11(2)5-6-17-15(20)8-12-9-22-16(18-12)23-10-13(19)14-4-3-7-21-14/h3-4,7,9,11H,5-6,8,10H2,1-2H3,(H,17,20). The maximum absolute atomic E-state index is 11.9. The van der Waals surface area contributed by atoms with Crippen molar-refractivity contribution in [3.05, 3.63) is 33.5 Å². The van der Waals surface area contributed by atoms with E-state index >= 15 is 0 Å². The number of nitrogens with zero attached hydrogens (tertiary/aromatic N) is 1. The third-order valence-electron chi connectivity index (χ3n) is 3.04. The van der Waals surface area contributed by atoms with Crippen molar-refractivity contribution in [1.29, 1.82) is 0 Å². The first-order valence-corrected chi connectivity index (χ1v) is 10.2. The molecule has 0 radical (unpaired) electrons. The SMILES string of the molecule is CC(C)CCNC(=O)Cc1csc(SCC(=O)c2cccs2)n1. The lowest BCUT2D eigenvalue weighted by molar-refractivity contribution is -0.120. The van der Waals surface area contributed by atoms with Gasteiger partial charge in [-0.2, -0.15) is 0 Å². The number of thiazole rings is 1. The van der Waals surface area contributed by atoms with Crippen LogP contribution in [-0.2, 0) is 11.2 Å². The van der Waals surface area contributed by atoms with E-state index in [0.29, 0.717) is 24.6 Å². The molecule has 0 aromatic carbocycles. The molecule has 0 spiro atoms. The highest BCUT2D eigenvalue weighted by molar-refractivity contribution is 8.01. The zero-order valence-corrected chi connectivity index (χ0v) is 15.7. The van der Waals surface area contributed by atoms with Gasteiger partial charge in [0, 0.05) is 11.9 Å². The van der Waals surface area contributed by atoms with Gasteiger partial charge in [-0.15, -0.1) is 22.7 Å². The van der Waals surface area contributed by atoms with Crippen LogP contribution in [0.4, 0.5) is 0 Å². The first-order chi connectivity index (χ1) is 11.0. The van der Waals surface area contributed by atoms with E-state index in [2.05, 4.69) is 24.1 Å². The van der Waals surface area contributed by atoms with Gasteiger partial charge in [0.25, 0.3) is 0 Å². The van der Waals surface area contributed by atoms with E-state index in [9.17, 15) is 9.59 Å². The van der Waals surface area contributed by atoms with Crippen LogP contribution in [0.15, 0.2) is 27.2 Å². The Morgan fingerprint density at radius 3 is 2.87 bits per heavy atom. The van der Waals surface area contributed by atoms with Gasteiger partial charge in [-0.05, 0) is 23.8 Å². The van der Waals surface area contributed by atoms with Gasteiger partial charge in [0.15, 0.2) is 10.1 Å². The number of carbonyl (C=O) groups is 2. The van der Waals surface area contributed by atoms with E-state index in [-0.39, 0.29) is 11.7 Å². The molecule has 2 aromatic rings. The lowest BCUT2D eigenvalue weighted by Crippen LogP contribution is -2.26. The predicted octanol–water partition coefficient (Wildman–Crippen LogP) is 3.88. The number of amides is 1. The first kappa shape index (κ1) is 18.2. The van der Waals surface area contributed by atoms with Crippen molar-refractivity contribution in [2.45, 2.75) is 31.0 Å². The minimum Gasteiger partial charge on any atom is -0.356 e. The van der Waals surface area contributed by atoms with Gasteiger partial charge >= 0.3 is 0 Å². The second-order valence-electron chi connectivity index (χ2n) is 5.50. The Bertz CT molecular complexity index is 636. The zero-order chi connectivity index (χ0) is 16.7. The molecule has 0 unspecified atom stereocenters. The normalized spacial score (nSPS) is 10.9. The van der Waals surface area contributed by atoms with E-state index in [0.717, 1.165) is 21.3 Å². The lowest BCUT2D eigenvalue weighted by atomic mass is 10.1. The molecule has 0 saturated carbocycles. The Hall–Kier alpha value is -1.18. The molecule has 2 rings (SSSR count). The first-order valence-electron chi connectivity index (χ1n) is 7.45. The minimum absolute atomic E-state index is 0.00200. The van der Waals surface area contributed by atoms with E-state index in [1.807, 2.05) is 22.9 Å². The minimum atomic E-state index is 0.00200. The summed E-state index contributed by atoms with van der Waals surface area (Å²) in [4.78, 5) is 29.0. The molecule has 0 fully saturated rings. The molecule has 7 heteroatoms. The van der Waals surface area contributed by atoms with Gasteiger partial charge in [0.2, 0.25) is 5.91 Å². The molecule has 1 amide bonds. The topological polar surface area (TPSA) is 59.1 Å². The summed E-state index contributed by atoms with van der Waals surface area (Å²) in [5, 5.41) is 6.70. The Morgan fingerprint density at radius 1 is 1.35 bits per heavy atom. The predicted molar refractivity (Wildman–Crippen MR) is 97.7 cm³/mol. The fourth-order valence-corrected chi connectivity index (χ4v) is 4.28. The molecule has 2 aromatic heterocycles. The van der Waals surface area contributed by atoms with Crippen LogP contribution in [0.3, 0.4) is 0 Å². The molecule has 0 aliphatic rings. The van der Waals surface area contributed by atoms with Crippen LogP contribution in [0, 0.1) is 5.92 Å². The summed E-state index contributed by atoms with van der Waals surface area (Å²) in [5.74, 6) is 1.09. The molecular weight excluding hydrogens is 348 g/mol. The Labute approximate surface area is 148 Å². The molecule has 0 bridgehead atoms. The number of thioether (sulfide) groups is 1. The van der Waals surface area contributed by atoms with E-state index < -0.39 is 0 Å². The molecular formula is C16H20N2O2S3. The summed E-state index contributed by atoms with van der Waals surface area (Å²) >= 11 is 4.37. The Balaban J connectivity index is 1.74. The Morgan fingerprint density at radius 2 is 2.17 bits per heavy atom. The lowest BCUT2D eigenvalue weighted by Gasteiger charge is -2.05. The summed E-state index contributed by atoms with van der Waals surface area (Å²) in [7, 11) is 0. The molecule has 0 saturated heterocycles. The van der Waals surface area contributed by atoms with Crippen LogP contribution in [0.25, 0.3) is 0 Å². The number of nitrogens with one attached hydrogen (secondary N) is 1. The maximum Gasteiger partial charge on any atom is 0.226 e. The van der Waals surface area contributed by atoms with E-state index in [4.69, 9.17) is 0 Å². The summed E-state index contributed by atoms with van der Waals surface area (Å²) < 4.78 is 0.833. The van der Waals surface area contributed by atoms with Crippen molar-refractivity contribution in [3.8, 4) is 0 Å². The van der Waals surface area contributed by atoms with Crippen molar-refractivity contribution < 1.29 is 9.59 Å².